The number of nitrogens with two attached hydrogens (primary N) is 1. The first-order chi connectivity index (χ1) is 5.81. The first-order valence-electron chi connectivity index (χ1n) is 4.14. The maximum absolute atomic E-state index is 10.9. The van der Waals surface area contributed by atoms with E-state index in [9.17, 15) is 13.2 Å². The monoisotopic (exact) mass is 208 g/mol. The van der Waals surface area contributed by atoms with Gasteiger partial charge in [0.05, 0.1) is 0 Å². The number of hydrogen-bond acceptors (Lipinski definition) is 3. The van der Waals surface area contributed by atoms with E-state index in [2.05, 4.69) is 5.14 Å². The molecule has 0 atom stereocenters. The number of nitrogens with one attached hydrogen (secondary N) is 1. The van der Waals surface area contributed by atoms with Gasteiger partial charge in [-0.05, 0) is 12.3 Å². The standard InChI is InChI=1S/C7H16N2O3S/c1-6(2)4-3-5-7(10)9-13(8,11)12/h6H,3-5H2,1-2H3,(H,9,10)(H2,8,11,12). The van der Waals surface area contributed by atoms with Crippen LogP contribution in [-0.4, -0.2) is 14.3 Å². The van der Waals surface area contributed by atoms with Crippen LogP contribution in [0.25, 0.3) is 0 Å². The maximum Gasteiger partial charge on any atom is 0.298 e. The Morgan fingerprint density at radius 2 is 2.00 bits per heavy atom. The zero-order valence-corrected chi connectivity index (χ0v) is 8.73. The zero-order chi connectivity index (χ0) is 10.5. The molecule has 0 unspecified atom stereocenters. The normalized spacial score (nSPS) is 11.7. The summed E-state index contributed by atoms with van der Waals surface area (Å²) in [6.07, 6.45) is 1.78. The van der Waals surface area contributed by atoms with Gasteiger partial charge < -0.3 is 0 Å². The van der Waals surface area contributed by atoms with Crippen LogP contribution in [0.5, 0.6) is 0 Å². The Morgan fingerprint density at radius 1 is 1.46 bits per heavy atom. The van der Waals surface area contributed by atoms with Crippen LogP contribution in [-0.2, 0) is 15.0 Å². The third-order valence-corrected chi connectivity index (χ3v) is 1.95. The number of rotatable bonds is 5. The van der Waals surface area contributed by atoms with E-state index in [1.54, 1.807) is 4.72 Å². The van der Waals surface area contributed by atoms with E-state index in [1.807, 2.05) is 13.8 Å². The minimum atomic E-state index is -3.87. The molecule has 0 aromatic heterocycles. The highest BCUT2D eigenvalue weighted by atomic mass is 32.2. The van der Waals surface area contributed by atoms with Gasteiger partial charge in [-0.2, -0.15) is 8.42 Å². The van der Waals surface area contributed by atoms with Crippen LogP contribution in [0.3, 0.4) is 0 Å². The Labute approximate surface area is 78.9 Å². The lowest BCUT2D eigenvalue weighted by atomic mass is 10.1. The van der Waals surface area contributed by atoms with Crippen LogP contribution < -0.4 is 9.86 Å². The largest absolute Gasteiger partial charge is 0.298 e. The van der Waals surface area contributed by atoms with Crippen LogP contribution in [0, 0.1) is 5.92 Å². The average Bonchev–Trinajstić information content (AvgIpc) is 1.81. The molecule has 78 valence electrons. The Bertz CT molecular complexity index is 259. The van der Waals surface area contributed by atoms with Gasteiger partial charge >= 0.3 is 0 Å². The molecule has 0 aliphatic carbocycles. The molecule has 5 nitrogen and oxygen atoms in total. The van der Waals surface area contributed by atoms with Gasteiger partial charge in [-0.1, -0.05) is 20.3 Å². The summed E-state index contributed by atoms with van der Waals surface area (Å²) in [5.74, 6) is -0.0227. The van der Waals surface area contributed by atoms with Gasteiger partial charge in [-0.25, -0.2) is 9.86 Å². The zero-order valence-electron chi connectivity index (χ0n) is 7.91. The summed E-state index contributed by atoms with van der Waals surface area (Å²) in [5.41, 5.74) is 0. The van der Waals surface area contributed by atoms with Crippen molar-refractivity contribution in [1.82, 2.24) is 4.72 Å². The van der Waals surface area contributed by atoms with Gasteiger partial charge in [-0.3, -0.25) is 4.79 Å². The van der Waals surface area contributed by atoms with Crippen molar-refractivity contribution >= 4 is 16.1 Å². The van der Waals surface area contributed by atoms with Crippen molar-refractivity contribution in [2.75, 3.05) is 0 Å². The lowest BCUT2D eigenvalue weighted by molar-refractivity contribution is -0.119. The minimum absolute atomic E-state index is 0.203. The molecule has 0 radical (unpaired) electrons. The van der Waals surface area contributed by atoms with Crippen molar-refractivity contribution < 1.29 is 13.2 Å². The number of carbonyl (C=O) groups is 1. The molecular formula is C7H16N2O3S. The Morgan fingerprint density at radius 3 is 2.38 bits per heavy atom. The summed E-state index contributed by atoms with van der Waals surface area (Å²) in [4.78, 5) is 10.9. The van der Waals surface area contributed by atoms with Crippen molar-refractivity contribution in [3.05, 3.63) is 0 Å². The van der Waals surface area contributed by atoms with Crippen molar-refractivity contribution in [1.29, 1.82) is 0 Å². The van der Waals surface area contributed by atoms with Gasteiger partial charge in [0.15, 0.2) is 0 Å². The molecule has 1 amide bonds. The maximum atomic E-state index is 10.9. The highest BCUT2D eigenvalue weighted by Gasteiger charge is 2.08. The fourth-order valence-corrected chi connectivity index (χ4v) is 1.30. The van der Waals surface area contributed by atoms with Crippen LogP contribution >= 0.6 is 0 Å². The second kappa shape index (κ2) is 5.18. The first-order valence-corrected chi connectivity index (χ1v) is 5.69. The summed E-state index contributed by atoms with van der Waals surface area (Å²) in [6, 6.07) is 0. The van der Waals surface area contributed by atoms with Gasteiger partial charge in [0.2, 0.25) is 5.91 Å². The van der Waals surface area contributed by atoms with Crippen molar-refractivity contribution in [2.45, 2.75) is 33.1 Å². The molecule has 0 saturated heterocycles. The third-order valence-electron chi connectivity index (χ3n) is 1.44. The molecule has 0 saturated carbocycles. The molecule has 0 heterocycles. The molecule has 0 aliphatic heterocycles. The van der Waals surface area contributed by atoms with Crippen LogP contribution in [0.2, 0.25) is 0 Å². The molecule has 0 rings (SSSR count). The molecule has 13 heavy (non-hydrogen) atoms. The molecule has 0 fully saturated rings. The molecular weight excluding hydrogens is 192 g/mol. The Hall–Kier alpha value is -0.620. The molecule has 0 spiro atoms. The highest BCUT2D eigenvalue weighted by molar-refractivity contribution is 7.87. The molecule has 6 heteroatoms. The number of carbonyl (C=O) groups excluding carboxylic acids is 1. The minimum Gasteiger partial charge on any atom is -0.274 e. The molecule has 0 bridgehead atoms. The average molecular weight is 208 g/mol. The first kappa shape index (κ1) is 12.4. The van der Waals surface area contributed by atoms with E-state index in [0.717, 1.165) is 6.42 Å². The van der Waals surface area contributed by atoms with E-state index < -0.39 is 16.1 Å². The highest BCUT2D eigenvalue weighted by Crippen LogP contribution is 2.05. The van der Waals surface area contributed by atoms with Gasteiger partial charge in [-0.15, -0.1) is 0 Å². The van der Waals surface area contributed by atoms with Crippen molar-refractivity contribution in [2.24, 2.45) is 11.1 Å². The van der Waals surface area contributed by atoms with E-state index in [0.29, 0.717) is 12.3 Å². The number of amides is 1. The van der Waals surface area contributed by atoms with Gasteiger partial charge in [0.1, 0.15) is 0 Å². The lowest BCUT2D eigenvalue weighted by Crippen LogP contribution is -2.35. The summed E-state index contributed by atoms with van der Waals surface area (Å²) in [7, 11) is -3.87. The Kier molecular flexibility index (Phi) is 4.94. The van der Waals surface area contributed by atoms with Crippen LogP contribution in [0.1, 0.15) is 33.1 Å². The van der Waals surface area contributed by atoms with Gasteiger partial charge in [0, 0.05) is 6.42 Å². The van der Waals surface area contributed by atoms with E-state index >= 15 is 0 Å². The SMILES string of the molecule is CC(C)CCCC(=O)NS(N)(=O)=O. The predicted molar refractivity (Wildman–Crippen MR) is 49.9 cm³/mol. The van der Waals surface area contributed by atoms with Crippen molar-refractivity contribution in [3.8, 4) is 0 Å². The second-order valence-electron chi connectivity index (χ2n) is 3.36. The predicted octanol–water partition coefficient (Wildman–Crippen LogP) is 0.132. The van der Waals surface area contributed by atoms with Crippen LogP contribution in [0.4, 0.5) is 0 Å². The quantitative estimate of drug-likeness (QED) is 0.673. The number of hydrogen-bond donors (Lipinski definition) is 2. The van der Waals surface area contributed by atoms with E-state index in [1.165, 1.54) is 0 Å². The topological polar surface area (TPSA) is 89.3 Å². The second-order valence-corrected chi connectivity index (χ2v) is 4.65. The van der Waals surface area contributed by atoms with Crippen LogP contribution in [0.15, 0.2) is 0 Å². The fourth-order valence-electron chi connectivity index (χ4n) is 0.881. The third kappa shape index (κ3) is 9.29. The summed E-state index contributed by atoms with van der Waals surface area (Å²) >= 11 is 0. The summed E-state index contributed by atoms with van der Waals surface area (Å²) in [6.45, 7) is 4.08. The summed E-state index contributed by atoms with van der Waals surface area (Å²) in [5, 5.41) is 4.61. The Balaban J connectivity index is 3.65. The molecule has 0 aromatic rings. The van der Waals surface area contributed by atoms with Gasteiger partial charge in [0.25, 0.3) is 10.2 Å². The van der Waals surface area contributed by atoms with E-state index in [4.69, 9.17) is 0 Å². The summed E-state index contributed by atoms with van der Waals surface area (Å²) < 4.78 is 22.5. The lowest BCUT2D eigenvalue weighted by Gasteiger charge is -2.04. The fraction of sp³-hybridized carbons (Fsp3) is 0.857. The molecule has 0 aliphatic rings. The smallest absolute Gasteiger partial charge is 0.274 e. The van der Waals surface area contributed by atoms with E-state index in [-0.39, 0.29) is 6.42 Å². The van der Waals surface area contributed by atoms with Crippen molar-refractivity contribution in [3.63, 3.8) is 0 Å². The molecule has 0 aromatic carbocycles. The molecule has 3 N–H and O–H groups in total.